The molecule has 1 unspecified atom stereocenters. The quantitative estimate of drug-likeness (QED) is 0.520. The third kappa shape index (κ3) is 5.20. The summed E-state index contributed by atoms with van der Waals surface area (Å²) in [7, 11) is 0. The van der Waals surface area contributed by atoms with E-state index in [1.165, 1.54) is 35.6 Å². The molecule has 9 heteroatoms. The Hall–Kier alpha value is -3.10. The van der Waals surface area contributed by atoms with Gasteiger partial charge in [-0.1, -0.05) is 29.8 Å². The van der Waals surface area contributed by atoms with Gasteiger partial charge in [-0.3, -0.25) is 4.79 Å². The van der Waals surface area contributed by atoms with Crippen molar-refractivity contribution < 1.29 is 28.2 Å². The Labute approximate surface area is 192 Å². The van der Waals surface area contributed by atoms with Gasteiger partial charge >= 0.3 is 5.97 Å². The molecule has 1 N–H and O–H groups in total. The van der Waals surface area contributed by atoms with Crippen LogP contribution in [0.15, 0.2) is 53.9 Å². The van der Waals surface area contributed by atoms with Crippen LogP contribution in [0.4, 0.5) is 4.39 Å². The highest BCUT2D eigenvalue weighted by Gasteiger charge is 2.22. The molecule has 1 aromatic heterocycles. The summed E-state index contributed by atoms with van der Waals surface area (Å²) in [5.41, 5.74) is 0.864. The van der Waals surface area contributed by atoms with E-state index in [0.717, 1.165) is 4.88 Å². The zero-order chi connectivity index (χ0) is 22.5. The number of carbonyl (C=O) groups is 2. The molecule has 0 aliphatic carbocycles. The second-order valence-corrected chi connectivity index (χ2v) is 8.37. The molecule has 0 radical (unpaired) electrons. The van der Waals surface area contributed by atoms with Crippen molar-refractivity contribution in [3.05, 3.63) is 80.8 Å². The Morgan fingerprint density at radius 3 is 2.69 bits per heavy atom. The molecule has 1 aliphatic heterocycles. The van der Waals surface area contributed by atoms with Crippen molar-refractivity contribution in [2.75, 3.05) is 19.8 Å². The third-order valence-electron chi connectivity index (χ3n) is 4.71. The van der Waals surface area contributed by atoms with Crippen LogP contribution in [-0.4, -0.2) is 31.7 Å². The van der Waals surface area contributed by atoms with E-state index in [4.69, 9.17) is 25.8 Å². The first-order chi connectivity index (χ1) is 15.5. The van der Waals surface area contributed by atoms with E-state index < -0.39 is 24.5 Å². The smallest absolute Gasteiger partial charge is 0.338 e. The van der Waals surface area contributed by atoms with Crippen molar-refractivity contribution >= 4 is 34.8 Å². The number of hydrogen-bond donors (Lipinski definition) is 1. The molecule has 2 aromatic carbocycles. The van der Waals surface area contributed by atoms with Crippen LogP contribution in [0.1, 0.15) is 33.3 Å². The molecule has 0 saturated heterocycles. The molecule has 1 amide bonds. The molecule has 6 nitrogen and oxygen atoms in total. The van der Waals surface area contributed by atoms with Gasteiger partial charge in [-0.2, -0.15) is 0 Å². The molecule has 2 heterocycles. The first-order valence-corrected chi connectivity index (χ1v) is 11.1. The minimum absolute atomic E-state index is 0.153. The van der Waals surface area contributed by atoms with Gasteiger partial charge in [0.05, 0.1) is 29.8 Å². The standard InChI is InChI=1S/C23H19ClFNO5S/c24-17-11-15(12-18-22(17)30-9-2-8-29-18)23(28)31-13-20(27)26-21(19-3-1-10-32-19)14-4-6-16(25)7-5-14/h1,3-7,10-12,21H,2,8-9,13H2,(H,26,27). The lowest BCUT2D eigenvalue weighted by molar-refractivity contribution is -0.124. The summed E-state index contributed by atoms with van der Waals surface area (Å²) < 4.78 is 29.6. The Morgan fingerprint density at radius 1 is 1.16 bits per heavy atom. The normalized spacial score (nSPS) is 13.7. The lowest BCUT2D eigenvalue weighted by Crippen LogP contribution is -2.32. The van der Waals surface area contributed by atoms with E-state index in [0.29, 0.717) is 36.7 Å². The molecular weight excluding hydrogens is 457 g/mol. The number of amides is 1. The van der Waals surface area contributed by atoms with E-state index in [9.17, 15) is 14.0 Å². The van der Waals surface area contributed by atoms with Crippen LogP contribution >= 0.6 is 22.9 Å². The largest absolute Gasteiger partial charge is 0.489 e. The Kier molecular flexibility index (Phi) is 6.92. The van der Waals surface area contributed by atoms with Crippen molar-refractivity contribution in [1.82, 2.24) is 5.32 Å². The predicted octanol–water partition coefficient (Wildman–Crippen LogP) is 4.76. The highest BCUT2D eigenvalue weighted by Crippen LogP contribution is 2.38. The van der Waals surface area contributed by atoms with Gasteiger partial charge in [0.25, 0.3) is 5.91 Å². The van der Waals surface area contributed by atoms with Gasteiger partial charge < -0.3 is 19.5 Å². The molecule has 4 rings (SSSR count). The summed E-state index contributed by atoms with van der Waals surface area (Å²) in [6.07, 6.45) is 0.699. The molecule has 1 atom stereocenters. The molecule has 0 saturated carbocycles. The Bertz CT molecular complexity index is 1100. The number of rotatable bonds is 6. The minimum atomic E-state index is -0.716. The number of fused-ring (bicyclic) bond motifs is 1. The number of hydrogen-bond acceptors (Lipinski definition) is 6. The van der Waals surface area contributed by atoms with Crippen molar-refractivity contribution in [2.45, 2.75) is 12.5 Å². The monoisotopic (exact) mass is 475 g/mol. The maximum atomic E-state index is 13.3. The van der Waals surface area contributed by atoms with E-state index in [1.807, 2.05) is 17.5 Å². The number of thiophene rings is 1. The molecule has 0 fully saturated rings. The molecule has 1 aliphatic rings. The molecule has 0 bridgehead atoms. The van der Waals surface area contributed by atoms with Crippen LogP contribution in [0.5, 0.6) is 11.5 Å². The van der Waals surface area contributed by atoms with Crippen molar-refractivity contribution in [1.29, 1.82) is 0 Å². The summed E-state index contributed by atoms with van der Waals surface area (Å²) in [5.74, 6) is -0.835. The van der Waals surface area contributed by atoms with Gasteiger partial charge in [-0.15, -0.1) is 11.3 Å². The van der Waals surface area contributed by atoms with Gasteiger partial charge in [-0.05, 0) is 41.3 Å². The van der Waals surface area contributed by atoms with E-state index in [2.05, 4.69) is 5.32 Å². The second-order valence-electron chi connectivity index (χ2n) is 6.98. The SMILES string of the molecule is O=C(COC(=O)c1cc(Cl)c2c(c1)OCCCO2)NC(c1ccc(F)cc1)c1cccs1. The minimum Gasteiger partial charge on any atom is -0.489 e. The summed E-state index contributed by atoms with van der Waals surface area (Å²) in [6, 6.07) is 12.0. The molecular formula is C23H19ClFNO5S. The number of esters is 1. The number of carbonyl (C=O) groups excluding carboxylic acids is 2. The fourth-order valence-corrected chi connectivity index (χ4v) is 4.26. The van der Waals surface area contributed by atoms with Crippen LogP contribution in [0.25, 0.3) is 0 Å². The lowest BCUT2D eigenvalue weighted by Gasteiger charge is -2.18. The summed E-state index contributed by atoms with van der Waals surface area (Å²) in [4.78, 5) is 25.9. The topological polar surface area (TPSA) is 73.9 Å². The maximum absolute atomic E-state index is 13.3. The van der Waals surface area contributed by atoms with E-state index >= 15 is 0 Å². The van der Waals surface area contributed by atoms with Crippen molar-refractivity contribution in [3.8, 4) is 11.5 Å². The van der Waals surface area contributed by atoms with Gasteiger partial charge in [0.2, 0.25) is 0 Å². The van der Waals surface area contributed by atoms with Crippen LogP contribution in [0.3, 0.4) is 0 Å². The fourth-order valence-electron chi connectivity index (χ4n) is 3.20. The van der Waals surface area contributed by atoms with Gasteiger partial charge in [-0.25, -0.2) is 9.18 Å². The zero-order valence-corrected chi connectivity index (χ0v) is 18.4. The highest BCUT2D eigenvalue weighted by atomic mass is 35.5. The van der Waals surface area contributed by atoms with Crippen molar-refractivity contribution in [3.63, 3.8) is 0 Å². The maximum Gasteiger partial charge on any atom is 0.338 e. The number of halogens is 2. The predicted molar refractivity (Wildman–Crippen MR) is 118 cm³/mol. The fraction of sp³-hybridized carbons (Fsp3) is 0.217. The zero-order valence-electron chi connectivity index (χ0n) is 16.8. The van der Waals surface area contributed by atoms with Crippen molar-refractivity contribution in [2.24, 2.45) is 0 Å². The number of nitrogens with one attached hydrogen (secondary N) is 1. The summed E-state index contributed by atoms with van der Waals surface area (Å²) >= 11 is 7.67. The number of benzene rings is 2. The molecule has 3 aromatic rings. The lowest BCUT2D eigenvalue weighted by atomic mass is 10.1. The van der Waals surface area contributed by atoms with Gasteiger partial charge in [0, 0.05) is 11.3 Å². The molecule has 32 heavy (non-hydrogen) atoms. The van der Waals surface area contributed by atoms with Gasteiger partial charge in [0.15, 0.2) is 18.1 Å². The van der Waals surface area contributed by atoms with Crippen LogP contribution < -0.4 is 14.8 Å². The molecule has 0 spiro atoms. The van der Waals surface area contributed by atoms with Crippen LogP contribution in [0.2, 0.25) is 5.02 Å². The Morgan fingerprint density at radius 2 is 1.94 bits per heavy atom. The van der Waals surface area contributed by atoms with E-state index in [-0.39, 0.29) is 16.4 Å². The van der Waals surface area contributed by atoms with Crippen LogP contribution in [0, 0.1) is 5.82 Å². The first-order valence-electron chi connectivity index (χ1n) is 9.86. The highest BCUT2D eigenvalue weighted by molar-refractivity contribution is 7.10. The first kappa shape index (κ1) is 22.1. The third-order valence-corrected chi connectivity index (χ3v) is 5.93. The van der Waals surface area contributed by atoms with Gasteiger partial charge in [0.1, 0.15) is 5.82 Å². The summed E-state index contributed by atoms with van der Waals surface area (Å²) in [6.45, 7) is 0.418. The number of ether oxygens (including phenoxy) is 3. The second kappa shape index (κ2) is 10.0. The van der Waals surface area contributed by atoms with Crippen LogP contribution in [-0.2, 0) is 9.53 Å². The van der Waals surface area contributed by atoms with E-state index in [1.54, 1.807) is 12.1 Å². The summed E-state index contributed by atoms with van der Waals surface area (Å²) in [5, 5.41) is 4.94. The Balaban J connectivity index is 1.42. The molecule has 166 valence electrons. The average Bonchev–Trinajstić information content (AvgIpc) is 3.21. The average molecular weight is 476 g/mol.